The molecule has 0 aromatic carbocycles. The number of rotatable bonds is 12. The molecule has 0 fully saturated rings. The summed E-state index contributed by atoms with van der Waals surface area (Å²) >= 11 is 0. The molecule has 0 saturated heterocycles. The zero-order valence-corrected chi connectivity index (χ0v) is 12.2. The molecule has 0 aromatic rings. The first kappa shape index (κ1) is 17.4. The van der Waals surface area contributed by atoms with Gasteiger partial charge in [-0.1, -0.05) is 32.6 Å². The molecule has 0 bridgehead atoms. The predicted octanol–water partition coefficient (Wildman–Crippen LogP) is 2.86. The standard InChI is InChI=1S/C14H29NO3/c1-4-7-8-9-10-11-13(16)15-12-14(17-5-2)18-6-3/h14H,4-12H2,1-3H3,(H,15,16). The van der Waals surface area contributed by atoms with Gasteiger partial charge in [-0.05, 0) is 20.3 Å². The molecule has 0 spiro atoms. The molecule has 0 rings (SSSR count). The van der Waals surface area contributed by atoms with E-state index in [-0.39, 0.29) is 12.2 Å². The molecule has 0 atom stereocenters. The second-order valence-corrected chi connectivity index (χ2v) is 4.31. The summed E-state index contributed by atoms with van der Waals surface area (Å²) in [5.41, 5.74) is 0. The van der Waals surface area contributed by atoms with Crippen LogP contribution in [0.3, 0.4) is 0 Å². The highest BCUT2D eigenvalue weighted by Crippen LogP contribution is 2.04. The zero-order valence-electron chi connectivity index (χ0n) is 12.2. The van der Waals surface area contributed by atoms with E-state index in [0.717, 1.165) is 12.8 Å². The van der Waals surface area contributed by atoms with Crippen molar-refractivity contribution in [1.29, 1.82) is 0 Å². The Morgan fingerprint density at radius 2 is 1.61 bits per heavy atom. The number of hydrogen-bond donors (Lipinski definition) is 1. The predicted molar refractivity (Wildman–Crippen MR) is 73.4 cm³/mol. The third kappa shape index (κ3) is 10.5. The van der Waals surface area contributed by atoms with Crippen LogP contribution >= 0.6 is 0 Å². The molecule has 0 heterocycles. The van der Waals surface area contributed by atoms with Gasteiger partial charge in [-0.2, -0.15) is 0 Å². The quantitative estimate of drug-likeness (QED) is 0.433. The van der Waals surface area contributed by atoms with Gasteiger partial charge in [0, 0.05) is 19.6 Å². The number of amides is 1. The Kier molecular flexibility index (Phi) is 12.4. The summed E-state index contributed by atoms with van der Waals surface area (Å²) < 4.78 is 10.7. The number of hydrogen-bond acceptors (Lipinski definition) is 3. The fourth-order valence-electron chi connectivity index (χ4n) is 1.71. The third-order valence-corrected chi connectivity index (χ3v) is 2.68. The van der Waals surface area contributed by atoms with Crippen LogP contribution in [0, 0.1) is 0 Å². The van der Waals surface area contributed by atoms with E-state index in [1.54, 1.807) is 0 Å². The van der Waals surface area contributed by atoms with Gasteiger partial charge in [0.05, 0.1) is 6.54 Å². The molecule has 0 saturated carbocycles. The van der Waals surface area contributed by atoms with Crippen LogP contribution < -0.4 is 5.32 Å². The van der Waals surface area contributed by atoms with E-state index in [2.05, 4.69) is 12.2 Å². The summed E-state index contributed by atoms with van der Waals surface area (Å²) in [4.78, 5) is 11.6. The summed E-state index contributed by atoms with van der Waals surface area (Å²) in [7, 11) is 0. The first-order valence-corrected chi connectivity index (χ1v) is 7.24. The fraction of sp³-hybridized carbons (Fsp3) is 0.929. The van der Waals surface area contributed by atoms with Crippen molar-refractivity contribution in [3.8, 4) is 0 Å². The maximum atomic E-state index is 11.6. The van der Waals surface area contributed by atoms with Crippen LogP contribution in [0.2, 0.25) is 0 Å². The van der Waals surface area contributed by atoms with Crippen molar-refractivity contribution in [2.45, 2.75) is 65.6 Å². The highest BCUT2D eigenvalue weighted by Gasteiger charge is 2.09. The lowest BCUT2D eigenvalue weighted by atomic mass is 10.1. The van der Waals surface area contributed by atoms with Crippen LogP contribution in [0.4, 0.5) is 0 Å². The summed E-state index contributed by atoms with van der Waals surface area (Å²) in [6, 6.07) is 0. The van der Waals surface area contributed by atoms with Gasteiger partial charge < -0.3 is 14.8 Å². The van der Waals surface area contributed by atoms with Crippen LogP contribution in [0.5, 0.6) is 0 Å². The Balaban J connectivity index is 3.54. The van der Waals surface area contributed by atoms with E-state index < -0.39 is 0 Å². The van der Waals surface area contributed by atoms with Crippen LogP contribution in [0.15, 0.2) is 0 Å². The first-order valence-electron chi connectivity index (χ1n) is 7.24. The van der Waals surface area contributed by atoms with Gasteiger partial charge in [-0.3, -0.25) is 4.79 Å². The summed E-state index contributed by atoms with van der Waals surface area (Å²) in [6.07, 6.45) is 6.12. The SMILES string of the molecule is CCCCCCCC(=O)NCC(OCC)OCC. The largest absolute Gasteiger partial charge is 0.351 e. The molecule has 0 aliphatic carbocycles. The van der Waals surface area contributed by atoms with Crippen LogP contribution in [-0.4, -0.2) is 32.0 Å². The van der Waals surface area contributed by atoms with E-state index in [1.165, 1.54) is 19.3 Å². The van der Waals surface area contributed by atoms with Crippen molar-refractivity contribution in [3.63, 3.8) is 0 Å². The van der Waals surface area contributed by atoms with Crippen LogP contribution in [0.1, 0.15) is 59.3 Å². The van der Waals surface area contributed by atoms with Crippen molar-refractivity contribution in [3.05, 3.63) is 0 Å². The van der Waals surface area contributed by atoms with Crippen molar-refractivity contribution in [2.75, 3.05) is 19.8 Å². The lowest BCUT2D eigenvalue weighted by Gasteiger charge is -2.17. The van der Waals surface area contributed by atoms with Gasteiger partial charge in [0.2, 0.25) is 5.91 Å². The highest BCUT2D eigenvalue weighted by atomic mass is 16.7. The van der Waals surface area contributed by atoms with Gasteiger partial charge in [0.1, 0.15) is 0 Å². The van der Waals surface area contributed by atoms with Crippen LogP contribution in [0.25, 0.3) is 0 Å². The molecular formula is C14H29NO3. The highest BCUT2D eigenvalue weighted by molar-refractivity contribution is 5.75. The Hall–Kier alpha value is -0.610. The van der Waals surface area contributed by atoms with Gasteiger partial charge in [0.15, 0.2) is 6.29 Å². The Morgan fingerprint density at radius 3 is 2.17 bits per heavy atom. The number of unbranched alkanes of at least 4 members (excludes halogenated alkanes) is 4. The van der Waals surface area contributed by atoms with Crippen molar-refractivity contribution in [1.82, 2.24) is 5.32 Å². The molecule has 4 nitrogen and oxygen atoms in total. The van der Waals surface area contributed by atoms with Crippen molar-refractivity contribution in [2.24, 2.45) is 0 Å². The molecule has 4 heteroatoms. The maximum absolute atomic E-state index is 11.6. The van der Waals surface area contributed by atoms with E-state index in [0.29, 0.717) is 26.2 Å². The van der Waals surface area contributed by atoms with E-state index in [9.17, 15) is 4.79 Å². The second-order valence-electron chi connectivity index (χ2n) is 4.31. The zero-order chi connectivity index (χ0) is 13.6. The number of carbonyl (C=O) groups is 1. The lowest BCUT2D eigenvalue weighted by Crippen LogP contribution is -2.35. The number of ether oxygens (including phenoxy) is 2. The van der Waals surface area contributed by atoms with Gasteiger partial charge in [-0.15, -0.1) is 0 Å². The lowest BCUT2D eigenvalue weighted by molar-refractivity contribution is -0.140. The van der Waals surface area contributed by atoms with Crippen molar-refractivity contribution < 1.29 is 14.3 Å². The molecule has 1 N–H and O–H groups in total. The second kappa shape index (κ2) is 12.8. The van der Waals surface area contributed by atoms with E-state index in [1.807, 2.05) is 13.8 Å². The Bertz CT molecular complexity index is 191. The molecule has 1 amide bonds. The normalized spacial score (nSPS) is 10.9. The molecule has 0 unspecified atom stereocenters. The fourth-order valence-corrected chi connectivity index (χ4v) is 1.71. The smallest absolute Gasteiger partial charge is 0.220 e. The van der Waals surface area contributed by atoms with Gasteiger partial charge in [0.25, 0.3) is 0 Å². The Labute approximate surface area is 111 Å². The summed E-state index contributed by atoms with van der Waals surface area (Å²) in [6.45, 7) is 7.65. The average molecular weight is 259 g/mol. The Morgan fingerprint density at radius 1 is 1.00 bits per heavy atom. The van der Waals surface area contributed by atoms with Gasteiger partial charge >= 0.3 is 0 Å². The average Bonchev–Trinajstić information content (AvgIpc) is 2.36. The summed E-state index contributed by atoms with van der Waals surface area (Å²) in [5, 5.41) is 2.85. The van der Waals surface area contributed by atoms with E-state index in [4.69, 9.17) is 9.47 Å². The molecule has 0 radical (unpaired) electrons. The topological polar surface area (TPSA) is 47.6 Å². The van der Waals surface area contributed by atoms with Crippen LogP contribution in [-0.2, 0) is 14.3 Å². The van der Waals surface area contributed by atoms with E-state index >= 15 is 0 Å². The monoisotopic (exact) mass is 259 g/mol. The van der Waals surface area contributed by atoms with Crippen molar-refractivity contribution >= 4 is 5.91 Å². The molecule has 0 aromatic heterocycles. The third-order valence-electron chi connectivity index (χ3n) is 2.68. The molecule has 18 heavy (non-hydrogen) atoms. The molecule has 0 aliphatic rings. The minimum Gasteiger partial charge on any atom is -0.351 e. The number of nitrogens with one attached hydrogen (secondary N) is 1. The number of carbonyl (C=O) groups excluding carboxylic acids is 1. The minimum atomic E-state index is -0.316. The first-order chi connectivity index (χ1) is 8.74. The molecular weight excluding hydrogens is 230 g/mol. The van der Waals surface area contributed by atoms with Gasteiger partial charge in [-0.25, -0.2) is 0 Å². The summed E-state index contributed by atoms with van der Waals surface area (Å²) in [5.74, 6) is 0.0934. The molecule has 0 aliphatic heterocycles. The maximum Gasteiger partial charge on any atom is 0.220 e. The molecule has 108 valence electrons. The minimum absolute atomic E-state index is 0.0934.